The fraction of sp³-hybridized carbons (Fsp3) is 0.600. The quantitative estimate of drug-likeness (QED) is 0.796. The third kappa shape index (κ3) is 3.33. The Hall–Kier alpha value is -1.49. The molecule has 1 aromatic heterocycles. The molecule has 1 saturated heterocycles. The molecule has 0 aromatic carbocycles. The Morgan fingerprint density at radius 2 is 2.10 bits per heavy atom. The van der Waals surface area contributed by atoms with Gasteiger partial charge >= 0.3 is 0 Å². The molecule has 0 unspecified atom stereocenters. The van der Waals surface area contributed by atoms with Gasteiger partial charge in [0.15, 0.2) is 0 Å². The van der Waals surface area contributed by atoms with Crippen LogP contribution in [0.5, 0.6) is 0 Å². The van der Waals surface area contributed by atoms with E-state index in [1.807, 2.05) is 0 Å². The summed E-state index contributed by atoms with van der Waals surface area (Å²) in [5.41, 5.74) is 0.367. The molecular formula is C15H22FN3O. The molecule has 5 heteroatoms. The molecule has 1 aliphatic heterocycles. The van der Waals surface area contributed by atoms with E-state index in [2.05, 4.69) is 23.7 Å². The van der Waals surface area contributed by atoms with Crippen LogP contribution in [-0.4, -0.2) is 52.9 Å². The van der Waals surface area contributed by atoms with E-state index < -0.39 is 5.95 Å². The standard InChI is InChI=1S/C15H22FN3O/c1-11(2)19-8-5-13(6-9-19)18(3)15(20)12-4-7-17-14(16)10-12/h4,7,10-11,13H,5-6,8-9H2,1-3H3. The van der Waals surface area contributed by atoms with Gasteiger partial charge in [-0.25, -0.2) is 4.98 Å². The van der Waals surface area contributed by atoms with Crippen molar-refractivity contribution in [2.45, 2.75) is 38.8 Å². The first kappa shape index (κ1) is 14.9. The average Bonchev–Trinajstić information content (AvgIpc) is 2.46. The number of halogens is 1. The predicted molar refractivity (Wildman–Crippen MR) is 76.0 cm³/mol. The third-order valence-corrected chi connectivity index (χ3v) is 4.07. The maximum atomic E-state index is 13.1. The molecule has 0 bridgehead atoms. The lowest BCUT2D eigenvalue weighted by atomic mass is 10.0. The van der Waals surface area contributed by atoms with Crippen LogP contribution in [-0.2, 0) is 0 Å². The van der Waals surface area contributed by atoms with Crippen LogP contribution in [0.2, 0.25) is 0 Å². The second-order valence-electron chi connectivity index (χ2n) is 5.64. The van der Waals surface area contributed by atoms with Crippen LogP contribution < -0.4 is 0 Å². The molecule has 20 heavy (non-hydrogen) atoms. The molecule has 1 aliphatic rings. The highest BCUT2D eigenvalue weighted by Gasteiger charge is 2.26. The number of rotatable bonds is 3. The summed E-state index contributed by atoms with van der Waals surface area (Å²) in [7, 11) is 1.80. The van der Waals surface area contributed by atoms with E-state index in [-0.39, 0.29) is 11.9 Å². The number of nitrogens with zero attached hydrogens (tertiary/aromatic N) is 3. The first-order chi connectivity index (χ1) is 9.49. The molecule has 0 atom stereocenters. The van der Waals surface area contributed by atoms with Gasteiger partial charge in [0.2, 0.25) is 5.95 Å². The number of piperidine rings is 1. The van der Waals surface area contributed by atoms with Crippen molar-refractivity contribution in [3.63, 3.8) is 0 Å². The molecular weight excluding hydrogens is 257 g/mol. The van der Waals surface area contributed by atoms with Gasteiger partial charge in [0.25, 0.3) is 5.91 Å². The Balaban J connectivity index is 1.98. The Kier molecular flexibility index (Phi) is 4.70. The summed E-state index contributed by atoms with van der Waals surface area (Å²) in [6.07, 6.45) is 3.26. The molecule has 110 valence electrons. The van der Waals surface area contributed by atoms with E-state index in [0.717, 1.165) is 25.9 Å². The summed E-state index contributed by atoms with van der Waals surface area (Å²) in [4.78, 5) is 20.0. The minimum absolute atomic E-state index is 0.130. The normalized spacial score (nSPS) is 17.4. The summed E-state index contributed by atoms with van der Waals surface area (Å²) in [5.74, 6) is -0.742. The highest BCUT2D eigenvalue weighted by atomic mass is 19.1. The van der Waals surface area contributed by atoms with Crippen molar-refractivity contribution in [1.82, 2.24) is 14.8 Å². The maximum Gasteiger partial charge on any atom is 0.254 e. The predicted octanol–water partition coefficient (Wildman–Crippen LogP) is 2.17. The van der Waals surface area contributed by atoms with Crippen LogP contribution in [0.3, 0.4) is 0 Å². The van der Waals surface area contributed by atoms with Crippen LogP contribution in [0.15, 0.2) is 18.3 Å². The maximum absolute atomic E-state index is 13.1. The monoisotopic (exact) mass is 279 g/mol. The summed E-state index contributed by atoms with van der Waals surface area (Å²) >= 11 is 0. The van der Waals surface area contributed by atoms with Gasteiger partial charge < -0.3 is 9.80 Å². The Morgan fingerprint density at radius 3 is 2.65 bits per heavy atom. The van der Waals surface area contributed by atoms with Gasteiger partial charge in [-0.05, 0) is 32.8 Å². The number of likely N-dealkylation sites (tertiary alicyclic amines) is 1. The Bertz CT molecular complexity index is 470. The van der Waals surface area contributed by atoms with Crippen molar-refractivity contribution in [2.24, 2.45) is 0 Å². The number of carbonyl (C=O) groups excluding carboxylic acids is 1. The number of amides is 1. The van der Waals surface area contributed by atoms with Gasteiger partial charge in [-0.2, -0.15) is 4.39 Å². The van der Waals surface area contributed by atoms with E-state index in [9.17, 15) is 9.18 Å². The van der Waals surface area contributed by atoms with Gasteiger partial charge in [0.05, 0.1) is 0 Å². The molecule has 0 saturated carbocycles. The number of hydrogen-bond acceptors (Lipinski definition) is 3. The smallest absolute Gasteiger partial charge is 0.254 e. The molecule has 1 aromatic rings. The lowest BCUT2D eigenvalue weighted by molar-refractivity contribution is 0.0614. The summed E-state index contributed by atoms with van der Waals surface area (Å²) in [5, 5.41) is 0. The molecule has 2 heterocycles. The summed E-state index contributed by atoms with van der Waals surface area (Å²) in [6, 6.07) is 3.53. The first-order valence-electron chi connectivity index (χ1n) is 7.12. The second kappa shape index (κ2) is 6.31. The zero-order valence-corrected chi connectivity index (χ0v) is 12.3. The SMILES string of the molecule is CC(C)N1CCC(N(C)C(=O)c2ccnc(F)c2)CC1. The molecule has 0 radical (unpaired) electrons. The van der Waals surface area contributed by atoms with Gasteiger partial charge in [0.1, 0.15) is 0 Å². The van der Waals surface area contributed by atoms with Crippen LogP contribution in [0, 0.1) is 5.95 Å². The van der Waals surface area contributed by atoms with E-state index >= 15 is 0 Å². The zero-order valence-electron chi connectivity index (χ0n) is 12.3. The van der Waals surface area contributed by atoms with E-state index in [0.29, 0.717) is 11.6 Å². The second-order valence-corrected chi connectivity index (χ2v) is 5.64. The largest absolute Gasteiger partial charge is 0.339 e. The molecule has 0 N–H and O–H groups in total. The molecule has 0 spiro atoms. The van der Waals surface area contributed by atoms with Crippen LogP contribution >= 0.6 is 0 Å². The fourth-order valence-electron chi connectivity index (χ4n) is 2.69. The van der Waals surface area contributed by atoms with Gasteiger partial charge in [-0.15, -0.1) is 0 Å². The van der Waals surface area contributed by atoms with Gasteiger partial charge in [0, 0.05) is 50.0 Å². The van der Waals surface area contributed by atoms with E-state index in [4.69, 9.17) is 0 Å². The van der Waals surface area contributed by atoms with Crippen LogP contribution in [0.4, 0.5) is 4.39 Å². The molecule has 1 fully saturated rings. The van der Waals surface area contributed by atoms with Crippen molar-refractivity contribution in [3.8, 4) is 0 Å². The lowest BCUT2D eigenvalue weighted by Gasteiger charge is -2.38. The van der Waals surface area contributed by atoms with Crippen molar-refractivity contribution in [2.75, 3.05) is 20.1 Å². The Morgan fingerprint density at radius 1 is 1.45 bits per heavy atom. The minimum Gasteiger partial charge on any atom is -0.339 e. The number of carbonyl (C=O) groups is 1. The van der Waals surface area contributed by atoms with Crippen molar-refractivity contribution >= 4 is 5.91 Å². The molecule has 4 nitrogen and oxygen atoms in total. The number of aromatic nitrogens is 1. The third-order valence-electron chi connectivity index (χ3n) is 4.07. The number of hydrogen-bond donors (Lipinski definition) is 0. The van der Waals surface area contributed by atoms with E-state index in [1.54, 1.807) is 18.0 Å². The topological polar surface area (TPSA) is 36.4 Å². The average molecular weight is 279 g/mol. The minimum atomic E-state index is -0.612. The number of pyridine rings is 1. The Labute approximate surface area is 119 Å². The lowest BCUT2D eigenvalue weighted by Crippen LogP contribution is -2.47. The zero-order chi connectivity index (χ0) is 14.7. The molecule has 1 amide bonds. The van der Waals surface area contributed by atoms with Crippen molar-refractivity contribution in [3.05, 3.63) is 29.8 Å². The first-order valence-corrected chi connectivity index (χ1v) is 7.12. The van der Waals surface area contributed by atoms with Gasteiger partial charge in [-0.3, -0.25) is 4.79 Å². The summed E-state index contributed by atoms with van der Waals surface area (Å²) < 4.78 is 13.1. The van der Waals surface area contributed by atoms with Crippen molar-refractivity contribution in [1.29, 1.82) is 0 Å². The molecule has 0 aliphatic carbocycles. The van der Waals surface area contributed by atoms with Crippen molar-refractivity contribution < 1.29 is 9.18 Å². The van der Waals surface area contributed by atoms with Crippen LogP contribution in [0.25, 0.3) is 0 Å². The van der Waals surface area contributed by atoms with Crippen LogP contribution in [0.1, 0.15) is 37.0 Å². The fourth-order valence-corrected chi connectivity index (χ4v) is 2.69. The molecule has 2 rings (SSSR count). The highest BCUT2D eigenvalue weighted by molar-refractivity contribution is 5.94. The highest BCUT2D eigenvalue weighted by Crippen LogP contribution is 2.19. The van der Waals surface area contributed by atoms with E-state index in [1.165, 1.54) is 12.3 Å². The summed E-state index contributed by atoms with van der Waals surface area (Å²) in [6.45, 7) is 6.39. The van der Waals surface area contributed by atoms with Gasteiger partial charge in [-0.1, -0.05) is 0 Å².